The molecule has 1 fully saturated rings. The molecule has 0 spiro atoms. The number of rotatable bonds is 5. The van der Waals surface area contributed by atoms with Gasteiger partial charge in [0.2, 0.25) is 5.89 Å². The predicted molar refractivity (Wildman–Crippen MR) is 66.7 cm³/mol. The molecule has 0 saturated heterocycles. The first kappa shape index (κ1) is 12.0. The monoisotopic (exact) mass is 261 g/mol. The summed E-state index contributed by atoms with van der Waals surface area (Å²) in [5.74, 6) is 0.902. The number of anilines is 2. The lowest BCUT2D eigenvalue weighted by atomic mass is 10.4. The molecule has 0 atom stereocenters. The van der Waals surface area contributed by atoms with Crippen LogP contribution in [0.3, 0.4) is 0 Å². The normalized spacial score (nSPS) is 14.6. The van der Waals surface area contributed by atoms with E-state index in [-0.39, 0.29) is 6.01 Å². The van der Waals surface area contributed by atoms with Crippen LogP contribution in [0.1, 0.15) is 30.1 Å². The number of aromatic nitrogens is 5. The van der Waals surface area contributed by atoms with E-state index in [1.807, 2.05) is 13.8 Å². The summed E-state index contributed by atoms with van der Waals surface area (Å²) in [6, 6.07) is 0.883. The smallest absolute Gasteiger partial charge is 0.322 e. The summed E-state index contributed by atoms with van der Waals surface area (Å²) in [5.41, 5.74) is 1.61. The molecule has 0 aliphatic heterocycles. The minimum absolute atomic E-state index is 0.276. The van der Waals surface area contributed by atoms with Gasteiger partial charge in [0.25, 0.3) is 5.95 Å². The molecule has 1 aliphatic rings. The molecule has 19 heavy (non-hydrogen) atoms. The van der Waals surface area contributed by atoms with Crippen molar-refractivity contribution >= 4 is 12.0 Å². The van der Waals surface area contributed by atoms with Crippen LogP contribution in [0.15, 0.2) is 4.42 Å². The van der Waals surface area contributed by atoms with Gasteiger partial charge in [0.1, 0.15) is 0 Å². The molecule has 3 rings (SSSR count). The second-order valence-electron chi connectivity index (χ2n) is 4.59. The van der Waals surface area contributed by atoms with Gasteiger partial charge >= 0.3 is 6.01 Å². The Morgan fingerprint density at radius 1 is 1.11 bits per heavy atom. The first-order chi connectivity index (χ1) is 9.20. The standard InChI is InChI=1S/C11H15N7O/c1-6-7(2)15-17-10(13-6)14-11-18-16-9(19-11)5-12-8-3-4-8/h8,12H,3-5H2,1-2H3,(H,13,14,17,18). The number of hydrogen-bond donors (Lipinski definition) is 2. The van der Waals surface area contributed by atoms with Crippen LogP contribution >= 0.6 is 0 Å². The Kier molecular flexibility index (Phi) is 3.08. The Balaban J connectivity index is 1.63. The quantitative estimate of drug-likeness (QED) is 0.817. The van der Waals surface area contributed by atoms with Gasteiger partial charge in [0.05, 0.1) is 17.9 Å². The Hall–Kier alpha value is -2.09. The van der Waals surface area contributed by atoms with Crippen molar-refractivity contribution in [2.75, 3.05) is 5.32 Å². The fourth-order valence-electron chi connectivity index (χ4n) is 1.50. The Labute approximate surface area is 110 Å². The van der Waals surface area contributed by atoms with Gasteiger partial charge < -0.3 is 9.73 Å². The highest BCUT2D eigenvalue weighted by atomic mass is 16.4. The van der Waals surface area contributed by atoms with Crippen molar-refractivity contribution in [1.29, 1.82) is 0 Å². The van der Waals surface area contributed by atoms with E-state index in [4.69, 9.17) is 4.42 Å². The third-order valence-electron chi connectivity index (χ3n) is 2.90. The first-order valence-corrected chi connectivity index (χ1v) is 6.21. The molecule has 0 unspecified atom stereocenters. The molecule has 0 radical (unpaired) electrons. The van der Waals surface area contributed by atoms with E-state index < -0.39 is 0 Å². The third kappa shape index (κ3) is 3.02. The van der Waals surface area contributed by atoms with Crippen molar-refractivity contribution in [2.45, 2.75) is 39.3 Å². The maximum absolute atomic E-state index is 5.43. The molecule has 2 N–H and O–H groups in total. The maximum atomic E-state index is 5.43. The molecule has 8 nitrogen and oxygen atoms in total. The van der Waals surface area contributed by atoms with Crippen molar-refractivity contribution in [2.24, 2.45) is 0 Å². The van der Waals surface area contributed by atoms with Gasteiger partial charge in [0, 0.05) is 6.04 Å². The summed E-state index contributed by atoms with van der Waals surface area (Å²) in [5, 5.41) is 21.8. The molecular weight excluding hydrogens is 246 g/mol. The van der Waals surface area contributed by atoms with Gasteiger partial charge in [-0.25, -0.2) is 4.98 Å². The van der Waals surface area contributed by atoms with Crippen LogP contribution in [0.5, 0.6) is 0 Å². The van der Waals surface area contributed by atoms with E-state index in [9.17, 15) is 0 Å². The van der Waals surface area contributed by atoms with Crippen LogP contribution < -0.4 is 10.6 Å². The average Bonchev–Trinajstić information content (AvgIpc) is 3.12. The summed E-state index contributed by atoms with van der Waals surface area (Å²) in [7, 11) is 0. The van der Waals surface area contributed by atoms with Gasteiger partial charge in [-0.3, -0.25) is 5.32 Å². The van der Waals surface area contributed by atoms with Gasteiger partial charge in [0.15, 0.2) is 0 Å². The summed E-state index contributed by atoms with van der Waals surface area (Å²) < 4.78 is 5.43. The summed E-state index contributed by atoms with van der Waals surface area (Å²) in [4.78, 5) is 4.23. The van der Waals surface area contributed by atoms with Crippen molar-refractivity contribution in [3.63, 3.8) is 0 Å². The lowest BCUT2D eigenvalue weighted by molar-refractivity contribution is 0.478. The SMILES string of the molecule is Cc1nnc(Nc2nnc(CNC3CC3)o2)nc1C. The Morgan fingerprint density at radius 2 is 1.95 bits per heavy atom. The predicted octanol–water partition coefficient (Wildman–Crippen LogP) is 0.867. The van der Waals surface area contributed by atoms with Crippen LogP contribution in [0.25, 0.3) is 0 Å². The third-order valence-corrected chi connectivity index (χ3v) is 2.90. The average molecular weight is 261 g/mol. The molecule has 8 heteroatoms. The molecule has 2 aromatic heterocycles. The summed E-state index contributed by atoms with van der Waals surface area (Å²) in [6.07, 6.45) is 2.45. The van der Waals surface area contributed by atoms with E-state index in [0.29, 0.717) is 24.4 Å². The largest absolute Gasteiger partial charge is 0.406 e. The van der Waals surface area contributed by atoms with Gasteiger partial charge in [-0.15, -0.1) is 10.2 Å². The highest BCUT2D eigenvalue weighted by Crippen LogP contribution is 2.19. The van der Waals surface area contributed by atoms with Crippen LogP contribution in [0.4, 0.5) is 12.0 Å². The van der Waals surface area contributed by atoms with E-state index in [0.717, 1.165) is 11.4 Å². The molecule has 0 bridgehead atoms. The van der Waals surface area contributed by atoms with Gasteiger partial charge in [-0.2, -0.15) is 5.10 Å². The minimum atomic E-state index is 0.276. The number of nitrogens with one attached hydrogen (secondary N) is 2. The van der Waals surface area contributed by atoms with Crippen LogP contribution in [0, 0.1) is 13.8 Å². The van der Waals surface area contributed by atoms with Crippen molar-refractivity contribution in [3.8, 4) is 0 Å². The lowest BCUT2D eigenvalue weighted by Gasteiger charge is -2.01. The molecule has 100 valence electrons. The molecule has 0 amide bonds. The zero-order valence-electron chi connectivity index (χ0n) is 10.8. The highest BCUT2D eigenvalue weighted by Gasteiger charge is 2.21. The second kappa shape index (κ2) is 4.88. The fourth-order valence-corrected chi connectivity index (χ4v) is 1.50. The second-order valence-corrected chi connectivity index (χ2v) is 4.59. The lowest BCUT2D eigenvalue weighted by Crippen LogP contribution is -2.15. The number of aryl methyl sites for hydroxylation is 2. The van der Waals surface area contributed by atoms with Crippen molar-refractivity contribution in [3.05, 3.63) is 17.3 Å². The molecule has 0 aromatic carbocycles. The maximum Gasteiger partial charge on any atom is 0.322 e. The van der Waals surface area contributed by atoms with Gasteiger partial charge in [-0.1, -0.05) is 5.10 Å². The molecular formula is C11H15N7O. The number of nitrogens with zero attached hydrogens (tertiary/aromatic N) is 5. The van der Waals surface area contributed by atoms with Crippen molar-refractivity contribution in [1.82, 2.24) is 30.7 Å². The molecule has 1 aliphatic carbocycles. The Morgan fingerprint density at radius 3 is 2.68 bits per heavy atom. The van der Waals surface area contributed by atoms with Gasteiger partial charge in [-0.05, 0) is 26.7 Å². The zero-order chi connectivity index (χ0) is 13.2. The summed E-state index contributed by atoms with van der Waals surface area (Å²) >= 11 is 0. The van der Waals surface area contributed by atoms with Crippen LogP contribution in [-0.4, -0.2) is 31.4 Å². The van der Waals surface area contributed by atoms with E-state index >= 15 is 0 Å². The summed E-state index contributed by atoms with van der Waals surface area (Å²) in [6.45, 7) is 4.31. The molecule has 2 heterocycles. The topological polar surface area (TPSA) is 102 Å². The molecule has 2 aromatic rings. The minimum Gasteiger partial charge on any atom is -0.406 e. The fraction of sp³-hybridized carbons (Fsp3) is 0.545. The van der Waals surface area contributed by atoms with Crippen LogP contribution in [-0.2, 0) is 6.54 Å². The number of hydrogen-bond acceptors (Lipinski definition) is 8. The van der Waals surface area contributed by atoms with E-state index in [2.05, 4.69) is 36.0 Å². The Bertz CT molecular complexity index is 578. The van der Waals surface area contributed by atoms with E-state index in [1.54, 1.807) is 0 Å². The zero-order valence-corrected chi connectivity index (χ0v) is 10.8. The van der Waals surface area contributed by atoms with E-state index in [1.165, 1.54) is 12.8 Å². The van der Waals surface area contributed by atoms with Crippen LogP contribution in [0.2, 0.25) is 0 Å². The first-order valence-electron chi connectivity index (χ1n) is 6.21. The van der Waals surface area contributed by atoms with Crippen molar-refractivity contribution < 1.29 is 4.42 Å². The highest BCUT2D eigenvalue weighted by molar-refractivity contribution is 5.38. The molecule has 1 saturated carbocycles.